The van der Waals surface area contributed by atoms with Crippen LogP contribution in [-0.2, 0) is 12.8 Å². The molecule has 1 saturated carbocycles. The predicted octanol–water partition coefficient (Wildman–Crippen LogP) is 6.30. The molecule has 1 aromatic rings. The molecule has 0 heterocycles. The molecule has 0 radical (unpaired) electrons. The van der Waals surface area contributed by atoms with Crippen molar-refractivity contribution in [3.8, 4) is 5.75 Å². The number of ether oxygens (including phenoxy) is 1. The van der Waals surface area contributed by atoms with Crippen molar-refractivity contribution in [2.45, 2.75) is 111 Å². The number of aliphatic hydroxyl groups excluding tert-OH is 1. The molecule has 0 aliphatic heterocycles. The maximum absolute atomic E-state index is 12.1. The first-order chi connectivity index (χ1) is 15.3. The van der Waals surface area contributed by atoms with Crippen LogP contribution >= 0.6 is 0 Å². The van der Waals surface area contributed by atoms with Crippen molar-refractivity contribution in [3.05, 3.63) is 29.3 Å². The normalized spacial score (nSPS) is 25.6. The Kier molecular flexibility index (Phi) is 7.43. The van der Waals surface area contributed by atoms with Gasteiger partial charge in [0.2, 0.25) is 0 Å². The second-order valence-corrected chi connectivity index (χ2v) is 12.6. The van der Waals surface area contributed by atoms with E-state index in [1.807, 2.05) is 27.7 Å². The smallest absolute Gasteiger partial charge is 0.408 e. The van der Waals surface area contributed by atoms with Gasteiger partial charge in [-0.05, 0) is 113 Å². The van der Waals surface area contributed by atoms with Crippen LogP contribution in [0.25, 0.3) is 0 Å². The zero-order chi connectivity index (χ0) is 24.6. The Morgan fingerprint density at radius 1 is 0.970 bits per heavy atom. The first-order valence-electron chi connectivity index (χ1n) is 12.7. The molecule has 1 fully saturated rings. The molecule has 186 valence electrons. The summed E-state index contributed by atoms with van der Waals surface area (Å²) >= 11 is 0. The number of benzene rings is 1. The van der Waals surface area contributed by atoms with Gasteiger partial charge in [-0.1, -0.05) is 26.8 Å². The molecule has 2 N–H and O–H groups in total. The fourth-order valence-corrected chi connectivity index (χ4v) is 6.23. The summed E-state index contributed by atoms with van der Waals surface area (Å²) in [6, 6.07) is 6.42. The van der Waals surface area contributed by atoms with Crippen molar-refractivity contribution in [1.82, 2.24) is 4.90 Å². The molecule has 1 amide bonds. The van der Waals surface area contributed by atoms with Gasteiger partial charge in [-0.2, -0.15) is 0 Å². The van der Waals surface area contributed by atoms with E-state index >= 15 is 0 Å². The van der Waals surface area contributed by atoms with Gasteiger partial charge >= 0.3 is 6.09 Å². The fourth-order valence-electron chi connectivity index (χ4n) is 6.23. The van der Waals surface area contributed by atoms with Crippen molar-refractivity contribution >= 4 is 6.09 Å². The summed E-state index contributed by atoms with van der Waals surface area (Å²) in [5.74, 6) is 1.79. The summed E-state index contributed by atoms with van der Waals surface area (Å²) in [5, 5.41) is 20.3. The highest BCUT2D eigenvalue weighted by Crippen LogP contribution is 2.41. The quantitative estimate of drug-likeness (QED) is 0.542. The van der Waals surface area contributed by atoms with Crippen LogP contribution in [0.2, 0.25) is 0 Å². The lowest BCUT2D eigenvalue weighted by atomic mass is 9.71. The second kappa shape index (κ2) is 9.48. The highest BCUT2D eigenvalue weighted by molar-refractivity contribution is 5.67. The lowest BCUT2D eigenvalue weighted by Gasteiger charge is -2.51. The van der Waals surface area contributed by atoms with Crippen molar-refractivity contribution in [2.75, 3.05) is 6.61 Å². The summed E-state index contributed by atoms with van der Waals surface area (Å²) in [5.41, 5.74) is 1.49. The third-order valence-electron chi connectivity index (χ3n) is 8.18. The highest BCUT2D eigenvalue weighted by Gasteiger charge is 2.47. The van der Waals surface area contributed by atoms with Crippen LogP contribution < -0.4 is 4.74 Å². The van der Waals surface area contributed by atoms with Gasteiger partial charge in [-0.3, -0.25) is 4.90 Å². The number of amides is 1. The van der Waals surface area contributed by atoms with Gasteiger partial charge in [-0.15, -0.1) is 0 Å². The number of aliphatic hydroxyl groups is 1. The zero-order valence-corrected chi connectivity index (χ0v) is 21.8. The summed E-state index contributed by atoms with van der Waals surface area (Å²) in [7, 11) is 0. The summed E-state index contributed by atoms with van der Waals surface area (Å²) in [4.78, 5) is 13.6. The van der Waals surface area contributed by atoms with E-state index in [2.05, 4.69) is 39.0 Å². The van der Waals surface area contributed by atoms with Crippen LogP contribution in [0.4, 0.5) is 4.79 Å². The molecule has 2 atom stereocenters. The fraction of sp³-hybridized carbons (Fsp3) is 0.750. The van der Waals surface area contributed by atoms with Gasteiger partial charge in [0.1, 0.15) is 5.75 Å². The van der Waals surface area contributed by atoms with Gasteiger partial charge in [0.05, 0.1) is 18.2 Å². The van der Waals surface area contributed by atoms with E-state index in [0.717, 1.165) is 43.8 Å². The minimum atomic E-state index is -0.977. The molecule has 33 heavy (non-hydrogen) atoms. The van der Waals surface area contributed by atoms with E-state index in [1.54, 1.807) is 0 Å². The lowest BCUT2D eigenvalue weighted by Crippen LogP contribution is -2.63. The monoisotopic (exact) mass is 459 g/mol. The Bertz CT molecular complexity index is 829. The Morgan fingerprint density at radius 2 is 1.61 bits per heavy atom. The van der Waals surface area contributed by atoms with E-state index in [4.69, 9.17) is 4.74 Å². The van der Waals surface area contributed by atoms with E-state index in [1.165, 1.54) is 28.9 Å². The molecular formula is C28H45NO4. The molecule has 0 saturated heterocycles. The highest BCUT2D eigenvalue weighted by atomic mass is 16.5. The molecule has 3 rings (SSSR count). The number of hydrogen-bond donors (Lipinski definition) is 2. The van der Waals surface area contributed by atoms with Crippen LogP contribution in [-0.4, -0.2) is 45.0 Å². The van der Waals surface area contributed by atoms with E-state index in [-0.39, 0.29) is 12.5 Å². The number of aryl methyl sites for hydroxylation is 1. The predicted molar refractivity (Wildman–Crippen MR) is 133 cm³/mol. The van der Waals surface area contributed by atoms with E-state index in [9.17, 15) is 15.0 Å². The Hall–Kier alpha value is -1.75. The first-order valence-corrected chi connectivity index (χ1v) is 12.7. The average Bonchev–Trinajstić information content (AvgIpc) is 2.71. The van der Waals surface area contributed by atoms with Crippen LogP contribution in [0.15, 0.2) is 18.2 Å². The number of carboxylic acid groups (broad SMARTS) is 1. The third kappa shape index (κ3) is 5.67. The minimum Gasteiger partial charge on any atom is -0.490 e. The van der Waals surface area contributed by atoms with Gasteiger partial charge in [0.15, 0.2) is 0 Å². The van der Waals surface area contributed by atoms with E-state index < -0.39 is 17.2 Å². The van der Waals surface area contributed by atoms with Gasteiger partial charge in [0.25, 0.3) is 0 Å². The average molecular weight is 460 g/mol. The number of fused-ring (bicyclic) bond motifs is 1. The summed E-state index contributed by atoms with van der Waals surface area (Å²) in [6.45, 7) is 14.4. The zero-order valence-electron chi connectivity index (χ0n) is 21.8. The Morgan fingerprint density at radius 3 is 2.12 bits per heavy atom. The molecule has 0 spiro atoms. The molecule has 2 aliphatic carbocycles. The van der Waals surface area contributed by atoms with Crippen LogP contribution in [0.3, 0.4) is 0 Å². The van der Waals surface area contributed by atoms with Crippen LogP contribution in [0, 0.1) is 17.3 Å². The van der Waals surface area contributed by atoms with Gasteiger partial charge in [0, 0.05) is 5.54 Å². The molecular weight excluding hydrogens is 414 g/mol. The number of rotatable bonds is 5. The van der Waals surface area contributed by atoms with Crippen molar-refractivity contribution in [1.29, 1.82) is 0 Å². The summed E-state index contributed by atoms with van der Waals surface area (Å²) in [6.07, 6.45) is 6.51. The number of nitrogens with zero attached hydrogens (tertiary/aromatic N) is 1. The molecule has 5 heteroatoms. The Balaban J connectivity index is 1.70. The molecule has 0 unspecified atom stereocenters. The summed E-state index contributed by atoms with van der Waals surface area (Å²) < 4.78 is 6.39. The van der Waals surface area contributed by atoms with Crippen molar-refractivity contribution < 1.29 is 19.7 Å². The van der Waals surface area contributed by atoms with Crippen LogP contribution in [0.5, 0.6) is 5.75 Å². The molecule has 5 nitrogen and oxygen atoms in total. The third-order valence-corrected chi connectivity index (χ3v) is 8.18. The maximum atomic E-state index is 12.1. The molecule has 0 bridgehead atoms. The maximum Gasteiger partial charge on any atom is 0.408 e. The lowest BCUT2D eigenvalue weighted by molar-refractivity contribution is -0.0422. The number of carbonyl (C=O) groups is 1. The van der Waals surface area contributed by atoms with E-state index in [0.29, 0.717) is 11.5 Å². The Labute approximate surface area is 200 Å². The van der Waals surface area contributed by atoms with Crippen molar-refractivity contribution in [3.63, 3.8) is 0 Å². The van der Waals surface area contributed by atoms with Crippen LogP contribution in [0.1, 0.15) is 91.7 Å². The number of hydrogen-bond acceptors (Lipinski definition) is 3. The largest absolute Gasteiger partial charge is 0.490 e. The standard InChI is InChI=1S/C28H45NO4/c1-26(2,3)21-11-14-23(15-12-21)33-24-13-9-19-16-22(10-8-20(19)17-24)28(7,18-30)29(25(31)32)27(4,5)6/h9,13,17,21-23,30H,8,10-12,14-16,18H2,1-7H3,(H,31,32)/t21-,22-,23-,28+/m1/s1. The van der Waals surface area contributed by atoms with Crippen molar-refractivity contribution in [2.24, 2.45) is 17.3 Å². The molecule has 0 aromatic heterocycles. The second-order valence-electron chi connectivity index (χ2n) is 12.6. The minimum absolute atomic E-state index is 0.0600. The molecule has 2 aliphatic rings. The SMILES string of the molecule is CC(C)(C)N(C(=O)O)[C@@](C)(CO)[C@@H]1CCc2cc(O[C@H]3CC[C@H](C(C)(C)C)CC3)ccc2C1. The van der Waals surface area contributed by atoms with Gasteiger partial charge < -0.3 is 14.9 Å². The molecule has 1 aromatic carbocycles. The van der Waals surface area contributed by atoms with Gasteiger partial charge in [-0.25, -0.2) is 4.79 Å². The first kappa shape index (κ1) is 25.9. The topological polar surface area (TPSA) is 70.0 Å².